The largest absolute Gasteiger partial charge is 0.490 e. The van der Waals surface area contributed by atoms with Crippen LogP contribution in [0.25, 0.3) is 11.4 Å². The first-order chi connectivity index (χ1) is 15.6. The number of hydrogen-bond acceptors (Lipinski definition) is 3. The Morgan fingerprint density at radius 1 is 0.875 bits per heavy atom. The summed E-state index contributed by atoms with van der Waals surface area (Å²) in [5.74, 6) is 0.140. The average molecular weight is 447 g/mol. The van der Waals surface area contributed by atoms with E-state index in [1.807, 2.05) is 12.4 Å². The Kier molecular flexibility index (Phi) is 12.9. The summed E-state index contributed by atoms with van der Waals surface area (Å²) in [5.41, 5.74) is 1.72. The van der Waals surface area contributed by atoms with E-state index in [2.05, 4.69) is 16.9 Å². The number of aryl methyl sites for hydroxylation is 1. The molecule has 0 fully saturated rings. The van der Waals surface area contributed by atoms with Gasteiger partial charge in [0.15, 0.2) is 17.4 Å². The lowest BCUT2D eigenvalue weighted by atomic mass is 10.0. The molecule has 2 rings (SSSR count). The normalized spacial score (nSPS) is 12.1. The molecule has 5 heteroatoms. The number of alkyl halides is 1. The van der Waals surface area contributed by atoms with E-state index < -0.39 is 12.0 Å². The molecule has 0 aliphatic carbocycles. The zero-order valence-electron chi connectivity index (χ0n) is 19.9. The van der Waals surface area contributed by atoms with Gasteiger partial charge in [-0.1, -0.05) is 71.1 Å². The maximum atomic E-state index is 14.3. The van der Waals surface area contributed by atoms with Crippen LogP contribution in [0, 0.1) is 5.82 Å². The summed E-state index contributed by atoms with van der Waals surface area (Å²) in [6.07, 6.45) is 18.6. The van der Waals surface area contributed by atoms with Crippen LogP contribution in [0.1, 0.15) is 96.5 Å². The zero-order chi connectivity index (χ0) is 23.0. The molecule has 3 nitrogen and oxygen atoms in total. The predicted molar refractivity (Wildman–Crippen MR) is 128 cm³/mol. The summed E-state index contributed by atoms with van der Waals surface area (Å²) in [4.78, 5) is 8.81. The first kappa shape index (κ1) is 26.2. The highest BCUT2D eigenvalue weighted by atomic mass is 19.1. The standard InChI is InChI=1S/C27H40F2N2O/c1-3-4-5-6-7-8-9-10-11-12-13-14-23-20-30-27(31-21-23)24-15-16-26(25(29)19-24)32-18-17-22(2)28/h15-16,19-22H,3-14,17-18H2,1-2H3. The Labute approximate surface area is 193 Å². The molecule has 0 aliphatic heterocycles. The molecule has 1 aromatic carbocycles. The third-order valence-corrected chi connectivity index (χ3v) is 5.74. The lowest BCUT2D eigenvalue weighted by molar-refractivity contribution is 0.240. The van der Waals surface area contributed by atoms with Gasteiger partial charge in [-0.3, -0.25) is 0 Å². The number of nitrogens with zero attached hydrogens (tertiary/aromatic N) is 2. The second kappa shape index (κ2) is 15.7. The molecule has 1 heterocycles. The van der Waals surface area contributed by atoms with E-state index in [0.29, 0.717) is 11.4 Å². The van der Waals surface area contributed by atoms with E-state index in [4.69, 9.17) is 4.74 Å². The molecule has 0 bridgehead atoms. The van der Waals surface area contributed by atoms with Gasteiger partial charge in [-0.25, -0.2) is 18.7 Å². The fraction of sp³-hybridized carbons (Fsp3) is 0.630. The van der Waals surface area contributed by atoms with Crippen LogP contribution in [0.5, 0.6) is 5.75 Å². The zero-order valence-corrected chi connectivity index (χ0v) is 19.9. The summed E-state index contributed by atoms with van der Waals surface area (Å²) in [5, 5.41) is 0. The summed E-state index contributed by atoms with van der Waals surface area (Å²) in [7, 11) is 0. The van der Waals surface area contributed by atoms with Crippen molar-refractivity contribution in [2.45, 2.75) is 103 Å². The molecular weight excluding hydrogens is 406 g/mol. The third kappa shape index (κ3) is 10.5. The quantitative estimate of drug-likeness (QED) is 0.229. The van der Waals surface area contributed by atoms with Crippen molar-refractivity contribution in [3.63, 3.8) is 0 Å². The van der Waals surface area contributed by atoms with Gasteiger partial charge in [0.25, 0.3) is 0 Å². The Morgan fingerprint density at radius 2 is 1.47 bits per heavy atom. The van der Waals surface area contributed by atoms with Gasteiger partial charge in [0.05, 0.1) is 6.61 Å². The summed E-state index contributed by atoms with van der Waals surface area (Å²) in [6, 6.07) is 4.65. The smallest absolute Gasteiger partial charge is 0.165 e. The lowest BCUT2D eigenvalue weighted by Crippen LogP contribution is -2.05. The van der Waals surface area contributed by atoms with Crippen molar-refractivity contribution in [3.05, 3.63) is 42.0 Å². The first-order valence-corrected chi connectivity index (χ1v) is 12.5. The van der Waals surface area contributed by atoms with Crippen molar-refractivity contribution in [1.29, 1.82) is 0 Å². The molecule has 0 amide bonds. The molecule has 0 saturated carbocycles. The summed E-state index contributed by atoms with van der Waals surface area (Å²) in [6.45, 7) is 3.87. The van der Waals surface area contributed by atoms with E-state index in [9.17, 15) is 8.78 Å². The van der Waals surface area contributed by atoms with Gasteiger partial charge in [-0.15, -0.1) is 0 Å². The Balaban J connectivity index is 1.65. The molecule has 0 N–H and O–H groups in total. The minimum Gasteiger partial charge on any atom is -0.490 e. The van der Waals surface area contributed by atoms with Crippen LogP contribution < -0.4 is 4.74 Å². The van der Waals surface area contributed by atoms with Crippen LogP contribution in [0.4, 0.5) is 8.78 Å². The maximum Gasteiger partial charge on any atom is 0.165 e. The van der Waals surface area contributed by atoms with Gasteiger partial charge in [0, 0.05) is 24.4 Å². The van der Waals surface area contributed by atoms with Crippen molar-refractivity contribution < 1.29 is 13.5 Å². The third-order valence-electron chi connectivity index (χ3n) is 5.74. The number of halogens is 2. The van der Waals surface area contributed by atoms with Crippen LogP contribution in [0.3, 0.4) is 0 Å². The van der Waals surface area contributed by atoms with E-state index in [-0.39, 0.29) is 18.8 Å². The molecule has 1 atom stereocenters. The highest BCUT2D eigenvalue weighted by Crippen LogP contribution is 2.24. The number of rotatable bonds is 17. The van der Waals surface area contributed by atoms with Gasteiger partial charge in [-0.2, -0.15) is 0 Å². The van der Waals surface area contributed by atoms with Gasteiger partial charge >= 0.3 is 0 Å². The Morgan fingerprint density at radius 3 is 2.03 bits per heavy atom. The van der Waals surface area contributed by atoms with Crippen LogP contribution in [0.15, 0.2) is 30.6 Å². The number of benzene rings is 1. The van der Waals surface area contributed by atoms with E-state index >= 15 is 0 Å². The van der Waals surface area contributed by atoms with Crippen LogP contribution in [0.2, 0.25) is 0 Å². The fourth-order valence-corrected chi connectivity index (χ4v) is 3.71. The monoisotopic (exact) mass is 446 g/mol. The molecular formula is C27H40F2N2O. The average Bonchev–Trinajstić information content (AvgIpc) is 2.79. The second-order valence-corrected chi connectivity index (χ2v) is 8.76. The minimum absolute atomic E-state index is 0.127. The van der Waals surface area contributed by atoms with Gasteiger partial charge < -0.3 is 4.74 Å². The molecule has 2 aromatic rings. The summed E-state index contributed by atoms with van der Waals surface area (Å²) < 4.78 is 32.4. The highest BCUT2D eigenvalue weighted by Gasteiger charge is 2.09. The van der Waals surface area contributed by atoms with Crippen molar-refractivity contribution in [2.75, 3.05) is 6.61 Å². The van der Waals surface area contributed by atoms with Crippen LogP contribution in [-0.4, -0.2) is 22.7 Å². The second-order valence-electron chi connectivity index (χ2n) is 8.76. The Hall–Kier alpha value is -2.04. The van der Waals surface area contributed by atoms with E-state index in [1.54, 1.807) is 12.1 Å². The molecule has 32 heavy (non-hydrogen) atoms. The molecule has 0 radical (unpaired) electrons. The predicted octanol–water partition coefficient (Wildman–Crippen LogP) is 8.26. The van der Waals surface area contributed by atoms with Crippen LogP contribution in [-0.2, 0) is 6.42 Å². The molecule has 1 unspecified atom stereocenters. The first-order valence-electron chi connectivity index (χ1n) is 12.5. The van der Waals surface area contributed by atoms with Gasteiger partial charge in [-0.05, 0) is 43.5 Å². The minimum atomic E-state index is -0.964. The molecule has 178 valence electrons. The number of aromatic nitrogens is 2. The van der Waals surface area contributed by atoms with Crippen molar-refractivity contribution >= 4 is 0 Å². The lowest BCUT2D eigenvalue weighted by Gasteiger charge is -2.09. The number of hydrogen-bond donors (Lipinski definition) is 0. The van der Waals surface area contributed by atoms with Crippen molar-refractivity contribution in [2.24, 2.45) is 0 Å². The van der Waals surface area contributed by atoms with Gasteiger partial charge in [0.2, 0.25) is 0 Å². The molecule has 0 saturated heterocycles. The van der Waals surface area contributed by atoms with Gasteiger partial charge in [0.1, 0.15) is 6.17 Å². The molecule has 0 aliphatic rings. The highest BCUT2D eigenvalue weighted by molar-refractivity contribution is 5.56. The topological polar surface area (TPSA) is 35.0 Å². The Bertz CT molecular complexity index is 750. The summed E-state index contributed by atoms with van der Waals surface area (Å²) >= 11 is 0. The van der Waals surface area contributed by atoms with Crippen molar-refractivity contribution in [1.82, 2.24) is 9.97 Å². The van der Waals surface area contributed by atoms with E-state index in [1.165, 1.54) is 77.2 Å². The SMILES string of the molecule is CCCCCCCCCCCCCc1cnc(-c2ccc(OCCC(C)F)c(F)c2)nc1. The van der Waals surface area contributed by atoms with E-state index in [0.717, 1.165) is 18.4 Å². The van der Waals surface area contributed by atoms with Crippen molar-refractivity contribution in [3.8, 4) is 17.1 Å². The molecule has 1 aromatic heterocycles. The maximum absolute atomic E-state index is 14.3. The number of unbranched alkanes of at least 4 members (excludes halogenated alkanes) is 10. The number of ether oxygens (including phenoxy) is 1. The molecule has 0 spiro atoms. The van der Waals surface area contributed by atoms with Crippen LogP contribution >= 0.6 is 0 Å². The fourth-order valence-electron chi connectivity index (χ4n) is 3.71.